The topological polar surface area (TPSA) is 49.3 Å². The molecule has 0 bridgehead atoms. The zero-order valence-corrected chi connectivity index (χ0v) is 11.1. The van der Waals surface area contributed by atoms with Gasteiger partial charge in [-0.1, -0.05) is 32.8 Å². The molecule has 3 nitrogen and oxygen atoms in total. The Morgan fingerprint density at radius 1 is 1.39 bits per heavy atom. The zero-order chi connectivity index (χ0) is 13.2. The van der Waals surface area contributed by atoms with Gasteiger partial charge in [0.15, 0.2) is 0 Å². The minimum atomic E-state index is -0.0918. The molecule has 1 saturated carbocycles. The van der Waals surface area contributed by atoms with Crippen LogP contribution in [-0.4, -0.2) is 17.1 Å². The van der Waals surface area contributed by atoms with Gasteiger partial charge >= 0.3 is 0 Å². The van der Waals surface area contributed by atoms with E-state index in [1.54, 1.807) is 18.2 Å². The molecule has 1 aromatic rings. The summed E-state index contributed by atoms with van der Waals surface area (Å²) >= 11 is 0. The van der Waals surface area contributed by atoms with Gasteiger partial charge in [-0.2, -0.15) is 0 Å². The smallest absolute Gasteiger partial charge is 0.251 e. The first-order chi connectivity index (χ1) is 8.49. The monoisotopic (exact) mass is 247 g/mol. The highest BCUT2D eigenvalue weighted by Gasteiger charge is 2.33. The third-order valence-electron chi connectivity index (χ3n) is 3.92. The number of hydrogen-bond acceptors (Lipinski definition) is 2. The molecule has 1 amide bonds. The van der Waals surface area contributed by atoms with Crippen molar-refractivity contribution < 1.29 is 9.90 Å². The number of rotatable bonds is 2. The molecule has 1 fully saturated rings. The molecule has 1 unspecified atom stereocenters. The molecule has 0 spiro atoms. The van der Waals surface area contributed by atoms with Gasteiger partial charge in [-0.15, -0.1) is 0 Å². The van der Waals surface area contributed by atoms with Gasteiger partial charge in [0.1, 0.15) is 5.75 Å². The Morgan fingerprint density at radius 2 is 2.17 bits per heavy atom. The normalized spacial score (nSPS) is 22.4. The van der Waals surface area contributed by atoms with Gasteiger partial charge < -0.3 is 10.4 Å². The van der Waals surface area contributed by atoms with Gasteiger partial charge in [0.25, 0.3) is 5.91 Å². The van der Waals surface area contributed by atoms with Crippen molar-refractivity contribution in [1.29, 1.82) is 0 Å². The summed E-state index contributed by atoms with van der Waals surface area (Å²) in [6, 6.07) is 6.72. The molecule has 0 aromatic heterocycles. The quantitative estimate of drug-likeness (QED) is 0.843. The van der Waals surface area contributed by atoms with Crippen LogP contribution in [0.25, 0.3) is 0 Å². The van der Waals surface area contributed by atoms with E-state index >= 15 is 0 Å². The Bertz CT molecular complexity index is 440. The van der Waals surface area contributed by atoms with E-state index < -0.39 is 0 Å². The van der Waals surface area contributed by atoms with Crippen LogP contribution >= 0.6 is 0 Å². The highest BCUT2D eigenvalue weighted by Crippen LogP contribution is 2.35. The predicted molar refractivity (Wildman–Crippen MR) is 71.6 cm³/mol. The standard InChI is InChI=1S/C15H21NO2/c1-15(2)9-4-3-8-13(15)16-14(18)11-6-5-7-12(17)10-11/h5-7,10,13,17H,3-4,8-9H2,1-2H3,(H,16,18). The van der Waals surface area contributed by atoms with Crippen LogP contribution in [0.5, 0.6) is 5.75 Å². The Kier molecular flexibility index (Phi) is 3.60. The number of carbonyl (C=O) groups is 1. The first-order valence-corrected chi connectivity index (χ1v) is 6.59. The first-order valence-electron chi connectivity index (χ1n) is 6.59. The Hall–Kier alpha value is -1.51. The second-order valence-corrected chi connectivity index (χ2v) is 5.81. The minimum Gasteiger partial charge on any atom is -0.508 e. The van der Waals surface area contributed by atoms with Gasteiger partial charge in [0.2, 0.25) is 0 Å². The molecule has 0 heterocycles. The van der Waals surface area contributed by atoms with E-state index in [0.717, 1.165) is 12.8 Å². The van der Waals surface area contributed by atoms with E-state index in [4.69, 9.17) is 0 Å². The fourth-order valence-electron chi connectivity index (χ4n) is 2.65. The fraction of sp³-hybridized carbons (Fsp3) is 0.533. The van der Waals surface area contributed by atoms with Crippen LogP contribution < -0.4 is 5.32 Å². The molecular weight excluding hydrogens is 226 g/mol. The summed E-state index contributed by atoms with van der Waals surface area (Å²) in [6.07, 6.45) is 4.61. The molecule has 0 radical (unpaired) electrons. The van der Waals surface area contributed by atoms with Crippen LogP contribution in [0, 0.1) is 5.41 Å². The molecule has 1 atom stereocenters. The number of nitrogens with one attached hydrogen (secondary N) is 1. The largest absolute Gasteiger partial charge is 0.508 e. The van der Waals surface area contributed by atoms with Crippen molar-refractivity contribution in [2.24, 2.45) is 5.41 Å². The van der Waals surface area contributed by atoms with Crippen molar-refractivity contribution in [3.63, 3.8) is 0 Å². The van der Waals surface area contributed by atoms with Gasteiger partial charge in [-0.3, -0.25) is 4.79 Å². The van der Waals surface area contributed by atoms with Crippen molar-refractivity contribution in [3.05, 3.63) is 29.8 Å². The maximum atomic E-state index is 12.1. The Labute approximate surface area is 108 Å². The third-order valence-corrected chi connectivity index (χ3v) is 3.92. The second kappa shape index (κ2) is 5.01. The molecule has 1 aliphatic rings. The van der Waals surface area contributed by atoms with E-state index in [2.05, 4.69) is 19.2 Å². The molecule has 3 heteroatoms. The van der Waals surface area contributed by atoms with Crippen LogP contribution in [0.3, 0.4) is 0 Å². The van der Waals surface area contributed by atoms with Gasteiger partial charge in [0.05, 0.1) is 0 Å². The second-order valence-electron chi connectivity index (χ2n) is 5.81. The molecule has 2 N–H and O–H groups in total. The summed E-state index contributed by atoms with van der Waals surface area (Å²) in [5, 5.41) is 12.5. The maximum Gasteiger partial charge on any atom is 0.251 e. The predicted octanol–water partition coefficient (Wildman–Crippen LogP) is 3.09. The lowest BCUT2D eigenvalue weighted by Gasteiger charge is -2.39. The molecule has 98 valence electrons. The Balaban J connectivity index is 2.07. The summed E-state index contributed by atoms with van der Waals surface area (Å²) in [6.45, 7) is 4.42. The lowest BCUT2D eigenvalue weighted by Crippen LogP contribution is -2.46. The van der Waals surface area contributed by atoms with E-state index in [1.165, 1.54) is 18.9 Å². The van der Waals surface area contributed by atoms with Gasteiger partial charge in [0, 0.05) is 11.6 Å². The highest BCUT2D eigenvalue weighted by atomic mass is 16.3. The summed E-state index contributed by atoms with van der Waals surface area (Å²) in [7, 11) is 0. The number of hydrogen-bond donors (Lipinski definition) is 2. The number of benzene rings is 1. The molecule has 0 aliphatic heterocycles. The van der Waals surface area contributed by atoms with E-state index in [9.17, 15) is 9.90 Å². The van der Waals surface area contributed by atoms with Crippen molar-refractivity contribution in [3.8, 4) is 5.75 Å². The molecule has 0 saturated heterocycles. The molecule has 1 aromatic carbocycles. The highest BCUT2D eigenvalue weighted by molar-refractivity contribution is 5.94. The molecular formula is C15H21NO2. The summed E-state index contributed by atoms with van der Waals surface area (Å²) in [5.41, 5.74) is 0.682. The van der Waals surface area contributed by atoms with E-state index in [1.807, 2.05) is 0 Å². The average Bonchev–Trinajstić information content (AvgIpc) is 2.31. The third kappa shape index (κ3) is 2.84. The number of phenolic OH excluding ortho intramolecular Hbond substituents is 1. The van der Waals surface area contributed by atoms with Crippen molar-refractivity contribution in [2.45, 2.75) is 45.6 Å². The van der Waals surface area contributed by atoms with Crippen molar-refractivity contribution in [2.75, 3.05) is 0 Å². The summed E-state index contributed by atoms with van der Waals surface area (Å²) < 4.78 is 0. The summed E-state index contributed by atoms with van der Waals surface area (Å²) in [5.74, 6) is 0.0384. The van der Waals surface area contributed by atoms with Crippen LogP contribution in [0.2, 0.25) is 0 Å². The zero-order valence-electron chi connectivity index (χ0n) is 11.1. The van der Waals surface area contributed by atoms with Crippen molar-refractivity contribution >= 4 is 5.91 Å². The molecule has 2 rings (SSSR count). The molecule has 18 heavy (non-hydrogen) atoms. The SMILES string of the molecule is CC1(C)CCCCC1NC(=O)c1cccc(O)c1. The van der Waals surface area contributed by atoms with Crippen LogP contribution in [0.1, 0.15) is 49.9 Å². The number of amides is 1. The lowest BCUT2D eigenvalue weighted by atomic mass is 9.73. The Morgan fingerprint density at radius 3 is 2.83 bits per heavy atom. The summed E-state index contributed by atoms with van der Waals surface area (Å²) in [4.78, 5) is 12.1. The number of aromatic hydroxyl groups is 1. The van der Waals surface area contributed by atoms with Crippen LogP contribution in [-0.2, 0) is 0 Å². The van der Waals surface area contributed by atoms with E-state index in [0.29, 0.717) is 5.56 Å². The van der Waals surface area contributed by atoms with Gasteiger partial charge in [-0.25, -0.2) is 0 Å². The maximum absolute atomic E-state index is 12.1. The fourth-order valence-corrected chi connectivity index (χ4v) is 2.65. The average molecular weight is 247 g/mol. The van der Waals surface area contributed by atoms with E-state index in [-0.39, 0.29) is 23.1 Å². The van der Waals surface area contributed by atoms with Crippen LogP contribution in [0.4, 0.5) is 0 Å². The first kappa shape index (κ1) is 12.9. The molecule has 1 aliphatic carbocycles. The number of phenols is 1. The number of carbonyl (C=O) groups excluding carboxylic acids is 1. The van der Waals surface area contributed by atoms with Crippen molar-refractivity contribution in [1.82, 2.24) is 5.32 Å². The van der Waals surface area contributed by atoms with Crippen LogP contribution in [0.15, 0.2) is 24.3 Å². The minimum absolute atomic E-state index is 0.0918. The lowest BCUT2D eigenvalue weighted by molar-refractivity contribution is 0.0853. The van der Waals surface area contributed by atoms with Gasteiger partial charge in [-0.05, 0) is 36.5 Å².